The molecule has 0 amide bonds. The Morgan fingerprint density at radius 3 is 2.35 bits per heavy atom. The minimum Gasteiger partial charge on any atom is -0.293 e. The van der Waals surface area contributed by atoms with Crippen LogP contribution in [0, 0.1) is 0 Å². The van der Waals surface area contributed by atoms with E-state index in [2.05, 4.69) is 0 Å². The third-order valence-corrected chi connectivity index (χ3v) is 5.74. The molecule has 0 bridgehead atoms. The van der Waals surface area contributed by atoms with Crippen LogP contribution in [0.15, 0.2) is 78.9 Å². The van der Waals surface area contributed by atoms with Crippen LogP contribution in [0.5, 0.6) is 0 Å². The molecular formula is C22H16ClNOS. The van der Waals surface area contributed by atoms with Crippen LogP contribution in [0.2, 0.25) is 5.02 Å². The summed E-state index contributed by atoms with van der Waals surface area (Å²) >= 11 is 7.59. The number of rotatable bonds is 5. The molecule has 1 aromatic heterocycles. The Kier molecular flexibility index (Phi) is 4.83. The van der Waals surface area contributed by atoms with Crippen LogP contribution in [0.1, 0.15) is 26.8 Å². The van der Waals surface area contributed by atoms with Crippen molar-refractivity contribution in [3.63, 3.8) is 0 Å². The molecule has 0 aliphatic rings. The van der Waals surface area contributed by atoms with Crippen LogP contribution >= 0.6 is 22.9 Å². The number of hydrogen-bond donors (Lipinski definition) is 0. The topological polar surface area (TPSA) is 30.0 Å². The highest BCUT2D eigenvalue weighted by Gasteiger charge is 2.25. The first kappa shape index (κ1) is 17.0. The molecular weight excluding hydrogens is 362 g/mol. The number of hydrogen-bond acceptors (Lipinski definition) is 3. The van der Waals surface area contributed by atoms with E-state index in [1.54, 1.807) is 11.3 Å². The molecule has 4 rings (SSSR count). The van der Waals surface area contributed by atoms with Gasteiger partial charge in [0.1, 0.15) is 5.01 Å². The Balaban J connectivity index is 1.75. The van der Waals surface area contributed by atoms with Gasteiger partial charge in [0.25, 0.3) is 0 Å². The summed E-state index contributed by atoms with van der Waals surface area (Å²) in [4.78, 5) is 18.0. The molecule has 0 fully saturated rings. The van der Waals surface area contributed by atoms with Crippen molar-refractivity contribution < 1.29 is 4.79 Å². The van der Waals surface area contributed by atoms with Gasteiger partial charge in [-0.3, -0.25) is 4.79 Å². The van der Waals surface area contributed by atoms with Gasteiger partial charge in [-0.15, -0.1) is 11.3 Å². The van der Waals surface area contributed by atoms with Gasteiger partial charge in [-0.2, -0.15) is 0 Å². The lowest BCUT2D eigenvalue weighted by molar-refractivity contribution is 0.0959. The normalized spacial score (nSPS) is 12.2. The molecule has 0 spiro atoms. The zero-order valence-electron chi connectivity index (χ0n) is 13.9. The fraction of sp³-hybridized carbons (Fsp3) is 0.0909. The van der Waals surface area contributed by atoms with Gasteiger partial charge in [0.2, 0.25) is 0 Å². The van der Waals surface area contributed by atoms with Crippen molar-refractivity contribution in [1.82, 2.24) is 4.98 Å². The molecule has 1 unspecified atom stereocenters. The number of fused-ring (bicyclic) bond motifs is 1. The molecule has 26 heavy (non-hydrogen) atoms. The molecule has 1 heterocycles. The Labute approximate surface area is 161 Å². The van der Waals surface area contributed by atoms with E-state index in [0.29, 0.717) is 17.0 Å². The summed E-state index contributed by atoms with van der Waals surface area (Å²) in [5, 5.41) is 1.55. The lowest BCUT2D eigenvalue weighted by Crippen LogP contribution is -2.15. The van der Waals surface area contributed by atoms with Crippen LogP contribution < -0.4 is 0 Å². The summed E-state index contributed by atoms with van der Waals surface area (Å²) in [5.41, 5.74) is 2.73. The van der Waals surface area contributed by atoms with Gasteiger partial charge in [0.15, 0.2) is 5.78 Å². The van der Waals surface area contributed by atoms with Gasteiger partial charge in [-0.1, -0.05) is 66.2 Å². The molecule has 0 radical (unpaired) electrons. The number of ketones is 1. The molecule has 2 nitrogen and oxygen atoms in total. The molecule has 0 saturated carbocycles. The number of Topliss-reactive ketones (excluding diaryl/α,β-unsaturated/α-hetero) is 1. The Morgan fingerprint density at radius 2 is 1.62 bits per heavy atom. The first-order valence-corrected chi connectivity index (χ1v) is 9.59. The van der Waals surface area contributed by atoms with Crippen molar-refractivity contribution in [2.75, 3.05) is 0 Å². The van der Waals surface area contributed by atoms with E-state index in [-0.39, 0.29) is 11.7 Å². The van der Waals surface area contributed by atoms with Crippen LogP contribution in [-0.4, -0.2) is 10.8 Å². The molecule has 0 aliphatic heterocycles. The average molecular weight is 378 g/mol. The van der Waals surface area contributed by atoms with Crippen molar-refractivity contribution in [1.29, 1.82) is 0 Å². The quantitative estimate of drug-likeness (QED) is 0.390. The van der Waals surface area contributed by atoms with Crippen LogP contribution in [-0.2, 0) is 6.42 Å². The lowest BCUT2D eigenvalue weighted by atomic mass is 9.91. The Morgan fingerprint density at radius 1 is 0.923 bits per heavy atom. The number of benzene rings is 3. The largest absolute Gasteiger partial charge is 0.293 e. The van der Waals surface area contributed by atoms with E-state index in [0.717, 1.165) is 20.8 Å². The molecule has 0 N–H and O–H groups in total. The highest BCUT2D eigenvalue weighted by Crippen LogP contribution is 2.32. The minimum absolute atomic E-state index is 0.0969. The third-order valence-electron chi connectivity index (χ3n) is 4.34. The van der Waals surface area contributed by atoms with Gasteiger partial charge in [0.05, 0.1) is 16.1 Å². The highest BCUT2D eigenvalue weighted by atomic mass is 35.5. The maximum absolute atomic E-state index is 13.2. The van der Waals surface area contributed by atoms with E-state index in [1.165, 1.54) is 0 Å². The van der Waals surface area contributed by atoms with E-state index >= 15 is 0 Å². The number of halogens is 1. The van der Waals surface area contributed by atoms with E-state index in [9.17, 15) is 4.79 Å². The van der Waals surface area contributed by atoms with Gasteiger partial charge in [-0.25, -0.2) is 4.98 Å². The maximum atomic E-state index is 13.2. The van der Waals surface area contributed by atoms with Gasteiger partial charge in [0, 0.05) is 10.6 Å². The second kappa shape index (κ2) is 7.40. The van der Waals surface area contributed by atoms with Crippen molar-refractivity contribution in [3.8, 4) is 0 Å². The van der Waals surface area contributed by atoms with Gasteiger partial charge in [-0.05, 0) is 36.2 Å². The minimum atomic E-state index is -0.309. The Bertz CT molecular complexity index is 1010. The molecule has 128 valence electrons. The zero-order valence-corrected chi connectivity index (χ0v) is 15.5. The molecule has 4 heteroatoms. The lowest BCUT2D eigenvalue weighted by Gasteiger charge is -2.14. The van der Waals surface area contributed by atoms with Crippen molar-refractivity contribution in [3.05, 3.63) is 100 Å². The van der Waals surface area contributed by atoms with Gasteiger partial charge < -0.3 is 0 Å². The smallest absolute Gasteiger partial charge is 0.173 e. The van der Waals surface area contributed by atoms with Crippen molar-refractivity contribution in [2.45, 2.75) is 12.3 Å². The van der Waals surface area contributed by atoms with Crippen LogP contribution in [0.25, 0.3) is 10.2 Å². The number of para-hydroxylation sites is 1. The molecule has 1 atom stereocenters. The highest BCUT2D eigenvalue weighted by molar-refractivity contribution is 7.18. The zero-order chi connectivity index (χ0) is 17.9. The van der Waals surface area contributed by atoms with Crippen LogP contribution in [0.4, 0.5) is 0 Å². The Hall–Kier alpha value is -2.49. The van der Waals surface area contributed by atoms with Crippen LogP contribution in [0.3, 0.4) is 0 Å². The fourth-order valence-corrected chi connectivity index (χ4v) is 4.18. The SMILES string of the molecule is O=C(c1ccccc1)C(Cc1ccc(Cl)cc1)c1nc2ccccc2s1. The number of aromatic nitrogens is 1. The first-order chi connectivity index (χ1) is 12.7. The van der Waals surface area contributed by atoms with Crippen molar-refractivity contribution >= 4 is 38.9 Å². The van der Waals surface area contributed by atoms with E-state index < -0.39 is 0 Å². The molecule has 0 saturated heterocycles. The van der Waals surface area contributed by atoms with E-state index in [1.807, 2.05) is 78.9 Å². The van der Waals surface area contributed by atoms with Crippen molar-refractivity contribution in [2.24, 2.45) is 0 Å². The summed E-state index contributed by atoms with van der Waals surface area (Å²) < 4.78 is 1.10. The number of nitrogens with zero attached hydrogens (tertiary/aromatic N) is 1. The summed E-state index contributed by atoms with van der Waals surface area (Å²) in [7, 11) is 0. The average Bonchev–Trinajstić information content (AvgIpc) is 3.11. The molecule has 4 aromatic rings. The summed E-state index contributed by atoms with van der Waals surface area (Å²) in [6, 6.07) is 25.1. The monoisotopic (exact) mass is 377 g/mol. The number of carbonyl (C=O) groups excluding carboxylic acids is 1. The predicted molar refractivity (Wildman–Crippen MR) is 108 cm³/mol. The van der Waals surface area contributed by atoms with E-state index in [4.69, 9.17) is 16.6 Å². The standard InChI is InChI=1S/C22H16ClNOS/c23-17-12-10-15(11-13-17)14-18(21(25)16-6-2-1-3-7-16)22-24-19-8-4-5-9-20(19)26-22/h1-13,18H,14H2. The second-order valence-electron chi connectivity index (χ2n) is 6.13. The number of carbonyl (C=O) groups is 1. The molecule has 0 aliphatic carbocycles. The van der Waals surface area contributed by atoms with Gasteiger partial charge >= 0.3 is 0 Å². The first-order valence-electron chi connectivity index (χ1n) is 8.40. The predicted octanol–water partition coefficient (Wildman–Crippen LogP) is 6.16. The number of thiazole rings is 1. The summed E-state index contributed by atoms with van der Waals surface area (Å²) in [6.07, 6.45) is 0.602. The summed E-state index contributed by atoms with van der Waals surface area (Å²) in [5.74, 6) is -0.212. The fourth-order valence-electron chi connectivity index (χ4n) is 2.99. The summed E-state index contributed by atoms with van der Waals surface area (Å²) in [6.45, 7) is 0. The maximum Gasteiger partial charge on any atom is 0.173 e. The molecule has 3 aromatic carbocycles. The second-order valence-corrected chi connectivity index (χ2v) is 7.63. The third kappa shape index (κ3) is 3.55.